The van der Waals surface area contributed by atoms with Crippen molar-refractivity contribution in [2.75, 3.05) is 0 Å². The molecule has 0 aliphatic rings. The van der Waals surface area contributed by atoms with Gasteiger partial charge in [-0.15, -0.1) is 10.2 Å². The van der Waals surface area contributed by atoms with Crippen molar-refractivity contribution in [3.63, 3.8) is 0 Å². The maximum absolute atomic E-state index is 6.20. The molecular weight excluding hydrogens is 335 g/mol. The molecular formula is C16H8Cl2N4O. The summed E-state index contributed by atoms with van der Waals surface area (Å²) in [5.41, 5.74) is 2.48. The quantitative estimate of drug-likeness (QED) is 0.530. The molecule has 0 aliphatic heterocycles. The number of aromatic nitrogens is 4. The molecule has 0 atom stereocenters. The highest BCUT2D eigenvalue weighted by Gasteiger charge is 2.17. The third-order valence-corrected chi connectivity index (χ3v) is 3.73. The minimum atomic E-state index is 0.211. The summed E-state index contributed by atoms with van der Waals surface area (Å²) in [6, 6.07) is 14.6. The van der Waals surface area contributed by atoms with Gasteiger partial charge in [0, 0.05) is 10.6 Å². The van der Waals surface area contributed by atoms with Crippen LogP contribution < -0.4 is 0 Å². The first-order valence-corrected chi connectivity index (χ1v) is 7.48. The van der Waals surface area contributed by atoms with Crippen molar-refractivity contribution in [3.05, 3.63) is 58.7 Å². The van der Waals surface area contributed by atoms with Crippen LogP contribution in [0.3, 0.4) is 0 Å². The molecule has 23 heavy (non-hydrogen) atoms. The molecule has 2 heterocycles. The monoisotopic (exact) mass is 342 g/mol. The molecule has 0 bridgehead atoms. The van der Waals surface area contributed by atoms with Crippen LogP contribution in [0.2, 0.25) is 10.2 Å². The van der Waals surface area contributed by atoms with Crippen LogP contribution in [-0.4, -0.2) is 20.2 Å². The van der Waals surface area contributed by atoms with Crippen molar-refractivity contribution in [1.29, 1.82) is 0 Å². The molecule has 0 aliphatic carbocycles. The normalized spacial score (nSPS) is 11.0. The van der Waals surface area contributed by atoms with Crippen LogP contribution in [0.1, 0.15) is 0 Å². The lowest BCUT2D eigenvalue weighted by Crippen LogP contribution is -1.91. The molecule has 2 aromatic heterocycles. The Morgan fingerprint density at radius 2 is 1.52 bits per heavy atom. The number of rotatable bonds is 2. The summed E-state index contributed by atoms with van der Waals surface area (Å²) in [5, 5.41) is 8.84. The molecule has 0 unspecified atom stereocenters. The average Bonchev–Trinajstić information content (AvgIpc) is 3.04. The molecule has 4 aromatic rings. The Morgan fingerprint density at radius 1 is 0.783 bits per heavy atom. The Balaban J connectivity index is 1.81. The van der Waals surface area contributed by atoms with Crippen LogP contribution in [0.15, 0.2) is 52.9 Å². The second-order valence-electron chi connectivity index (χ2n) is 4.77. The predicted molar refractivity (Wildman–Crippen MR) is 88.3 cm³/mol. The highest BCUT2D eigenvalue weighted by molar-refractivity contribution is 6.32. The molecule has 0 N–H and O–H groups in total. The summed E-state index contributed by atoms with van der Waals surface area (Å²) in [4.78, 5) is 8.75. The SMILES string of the molecule is Clc1cccc(-c2nnc(-c3nc4ccccc4nc3Cl)o2)c1. The summed E-state index contributed by atoms with van der Waals surface area (Å²) in [6.45, 7) is 0. The first-order chi connectivity index (χ1) is 11.2. The first kappa shape index (κ1) is 14.1. The molecule has 0 amide bonds. The lowest BCUT2D eigenvalue weighted by Gasteiger charge is -2.01. The fourth-order valence-corrected chi connectivity index (χ4v) is 2.58. The van der Waals surface area contributed by atoms with Crippen molar-refractivity contribution in [2.24, 2.45) is 0 Å². The second kappa shape index (κ2) is 5.61. The van der Waals surface area contributed by atoms with Gasteiger partial charge >= 0.3 is 0 Å². The van der Waals surface area contributed by atoms with E-state index >= 15 is 0 Å². The Hall–Kier alpha value is -2.50. The number of hydrogen-bond donors (Lipinski definition) is 0. The van der Waals surface area contributed by atoms with Crippen molar-refractivity contribution >= 4 is 34.2 Å². The van der Waals surface area contributed by atoms with E-state index in [1.54, 1.807) is 12.1 Å². The molecule has 0 radical (unpaired) electrons. The Labute approximate surface area is 140 Å². The highest BCUT2D eigenvalue weighted by atomic mass is 35.5. The first-order valence-electron chi connectivity index (χ1n) is 6.73. The van der Waals surface area contributed by atoms with Gasteiger partial charge in [-0.1, -0.05) is 41.4 Å². The van der Waals surface area contributed by atoms with E-state index in [-0.39, 0.29) is 11.0 Å². The van der Waals surface area contributed by atoms with Crippen molar-refractivity contribution in [3.8, 4) is 23.0 Å². The third kappa shape index (κ3) is 2.65. The van der Waals surface area contributed by atoms with E-state index in [1.807, 2.05) is 36.4 Å². The molecule has 0 spiro atoms. The molecule has 2 aromatic carbocycles. The zero-order valence-electron chi connectivity index (χ0n) is 11.6. The fourth-order valence-electron chi connectivity index (χ4n) is 2.17. The topological polar surface area (TPSA) is 64.7 Å². The number of para-hydroxylation sites is 2. The van der Waals surface area contributed by atoms with Gasteiger partial charge in [0.05, 0.1) is 11.0 Å². The van der Waals surface area contributed by atoms with E-state index in [4.69, 9.17) is 27.6 Å². The van der Waals surface area contributed by atoms with Gasteiger partial charge in [0.2, 0.25) is 5.89 Å². The average molecular weight is 343 g/mol. The molecule has 0 saturated carbocycles. The lowest BCUT2D eigenvalue weighted by atomic mass is 10.2. The van der Waals surface area contributed by atoms with Crippen molar-refractivity contribution in [1.82, 2.24) is 20.2 Å². The largest absolute Gasteiger partial charge is 0.414 e. The molecule has 0 fully saturated rings. The maximum atomic E-state index is 6.20. The number of halogens is 2. The van der Waals surface area contributed by atoms with Gasteiger partial charge in [-0.2, -0.15) is 0 Å². The Bertz CT molecular complexity index is 1020. The van der Waals surface area contributed by atoms with Gasteiger partial charge in [0.25, 0.3) is 5.89 Å². The van der Waals surface area contributed by atoms with Gasteiger partial charge in [-0.3, -0.25) is 0 Å². The fraction of sp³-hybridized carbons (Fsp3) is 0. The summed E-state index contributed by atoms with van der Waals surface area (Å²) in [5.74, 6) is 0.553. The lowest BCUT2D eigenvalue weighted by molar-refractivity contribution is 0.582. The summed E-state index contributed by atoms with van der Waals surface area (Å²) < 4.78 is 5.67. The van der Waals surface area contributed by atoms with Crippen LogP contribution in [0.25, 0.3) is 34.1 Å². The highest BCUT2D eigenvalue weighted by Crippen LogP contribution is 2.29. The minimum Gasteiger partial charge on any atom is -0.414 e. The van der Waals surface area contributed by atoms with E-state index in [9.17, 15) is 0 Å². The summed E-state index contributed by atoms with van der Waals surface area (Å²) in [7, 11) is 0. The van der Waals surface area contributed by atoms with Crippen LogP contribution in [0.5, 0.6) is 0 Å². The van der Waals surface area contributed by atoms with Crippen molar-refractivity contribution < 1.29 is 4.42 Å². The Kier molecular flexibility index (Phi) is 3.44. The van der Waals surface area contributed by atoms with Crippen LogP contribution in [0.4, 0.5) is 0 Å². The molecule has 112 valence electrons. The van der Waals surface area contributed by atoms with E-state index in [0.717, 1.165) is 5.56 Å². The smallest absolute Gasteiger partial charge is 0.269 e. The van der Waals surface area contributed by atoms with Gasteiger partial charge in [0.15, 0.2) is 10.8 Å². The van der Waals surface area contributed by atoms with Gasteiger partial charge in [-0.05, 0) is 30.3 Å². The van der Waals surface area contributed by atoms with E-state index in [0.29, 0.717) is 27.6 Å². The summed E-state index contributed by atoms with van der Waals surface area (Å²) >= 11 is 12.2. The van der Waals surface area contributed by atoms with Gasteiger partial charge in [-0.25, -0.2) is 9.97 Å². The van der Waals surface area contributed by atoms with E-state index in [2.05, 4.69) is 20.2 Å². The standard InChI is InChI=1S/C16H8Cl2N4O/c17-10-5-3-4-9(8-10)15-21-22-16(23-15)13-14(18)20-12-7-2-1-6-11(12)19-13/h1-8H. The zero-order valence-corrected chi connectivity index (χ0v) is 13.1. The van der Waals surface area contributed by atoms with Gasteiger partial charge in [0.1, 0.15) is 0 Å². The predicted octanol–water partition coefficient (Wildman–Crippen LogP) is 4.65. The number of fused-ring (bicyclic) bond motifs is 1. The molecule has 4 rings (SSSR count). The number of nitrogens with zero attached hydrogens (tertiary/aromatic N) is 4. The van der Waals surface area contributed by atoms with Crippen LogP contribution >= 0.6 is 23.2 Å². The third-order valence-electron chi connectivity index (χ3n) is 3.23. The summed E-state index contributed by atoms with van der Waals surface area (Å²) in [6.07, 6.45) is 0. The zero-order chi connectivity index (χ0) is 15.8. The van der Waals surface area contributed by atoms with E-state index < -0.39 is 0 Å². The second-order valence-corrected chi connectivity index (χ2v) is 5.57. The van der Waals surface area contributed by atoms with E-state index in [1.165, 1.54) is 0 Å². The molecule has 0 saturated heterocycles. The van der Waals surface area contributed by atoms with Crippen LogP contribution in [-0.2, 0) is 0 Å². The van der Waals surface area contributed by atoms with Gasteiger partial charge < -0.3 is 4.42 Å². The van der Waals surface area contributed by atoms with Crippen molar-refractivity contribution in [2.45, 2.75) is 0 Å². The maximum Gasteiger partial charge on any atom is 0.269 e. The van der Waals surface area contributed by atoms with Crippen LogP contribution in [0, 0.1) is 0 Å². The number of benzene rings is 2. The minimum absolute atomic E-state index is 0.211. The molecule has 5 nitrogen and oxygen atoms in total. The number of hydrogen-bond acceptors (Lipinski definition) is 5. The molecule has 7 heteroatoms. The Morgan fingerprint density at radius 3 is 2.30 bits per heavy atom.